The van der Waals surface area contributed by atoms with Crippen LogP contribution in [0.25, 0.3) is 0 Å². The first kappa shape index (κ1) is 13.2. The summed E-state index contributed by atoms with van der Waals surface area (Å²) in [6.45, 7) is 5.15. The standard InChI is InChI=1S/C12H15NO4/c1-12(2,3)9(14)7-13-6-4-5-8(10(13)15)11(16)17/h4-6H,7H2,1-3H3,(H,16,17). The van der Waals surface area contributed by atoms with Crippen LogP contribution in [0, 0.1) is 5.41 Å². The van der Waals surface area contributed by atoms with Crippen LogP contribution in [0.15, 0.2) is 23.1 Å². The molecular weight excluding hydrogens is 222 g/mol. The van der Waals surface area contributed by atoms with Crippen LogP contribution < -0.4 is 5.56 Å². The molecule has 92 valence electrons. The highest BCUT2D eigenvalue weighted by atomic mass is 16.4. The predicted molar refractivity (Wildman–Crippen MR) is 62.1 cm³/mol. The Morgan fingerprint density at radius 1 is 1.35 bits per heavy atom. The molecule has 0 saturated carbocycles. The van der Waals surface area contributed by atoms with E-state index < -0.39 is 16.9 Å². The number of Topliss-reactive ketones (excluding diaryl/α,β-unsaturated/α-hetero) is 1. The number of pyridine rings is 1. The topological polar surface area (TPSA) is 76.4 Å². The molecule has 0 atom stereocenters. The maximum absolute atomic E-state index is 11.8. The SMILES string of the molecule is CC(C)(C)C(=O)Cn1cccc(C(=O)O)c1=O. The molecule has 1 heterocycles. The Morgan fingerprint density at radius 2 is 1.94 bits per heavy atom. The van der Waals surface area contributed by atoms with Crippen molar-refractivity contribution in [1.82, 2.24) is 4.57 Å². The molecule has 1 N–H and O–H groups in total. The van der Waals surface area contributed by atoms with Crippen LogP contribution in [0.3, 0.4) is 0 Å². The van der Waals surface area contributed by atoms with Crippen molar-refractivity contribution >= 4 is 11.8 Å². The number of ketones is 1. The maximum atomic E-state index is 11.8. The Balaban J connectivity index is 3.10. The van der Waals surface area contributed by atoms with E-state index in [2.05, 4.69) is 0 Å². The van der Waals surface area contributed by atoms with E-state index in [1.807, 2.05) is 0 Å². The zero-order chi connectivity index (χ0) is 13.2. The van der Waals surface area contributed by atoms with Crippen molar-refractivity contribution in [3.63, 3.8) is 0 Å². The number of carbonyl (C=O) groups excluding carboxylic acids is 1. The van der Waals surface area contributed by atoms with Gasteiger partial charge in [0, 0.05) is 11.6 Å². The summed E-state index contributed by atoms with van der Waals surface area (Å²) in [7, 11) is 0. The van der Waals surface area contributed by atoms with E-state index in [4.69, 9.17) is 5.11 Å². The second-order valence-electron chi connectivity index (χ2n) is 4.83. The summed E-state index contributed by atoms with van der Waals surface area (Å²) in [5.41, 5.74) is -1.54. The van der Waals surface area contributed by atoms with E-state index >= 15 is 0 Å². The minimum atomic E-state index is -1.28. The third-order valence-electron chi connectivity index (χ3n) is 2.40. The zero-order valence-electron chi connectivity index (χ0n) is 10.1. The van der Waals surface area contributed by atoms with E-state index in [1.54, 1.807) is 20.8 Å². The van der Waals surface area contributed by atoms with Crippen LogP contribution in [-0.2, 0) is 11.3 Å². The number of carboxylic acid groups (broad SMARTS) is 1. The van der Waals surface area contributed by atoms with E-state index in [9.17, 15) is 14.4 Å². The van der Waals surface area contributed by atoms with Crippen molar-refractivity contribution in [1.29, 1.82) is 0 Å². The van der Waals surface area contributed by atoms with Crippen molar-refractivity contribution in [3.05, 3.63) is 34.2 Å². The zero-order valence-corrected chi connectivity index (χ0v) is 10.1. The third-order valence-corrected chi connectivity index (χ3v) is 2.40. The van der Waals surface area contributed by atoms with Crippen LogP contribution in [0.1, 0.15) is 31.1 Å². The summed E-state index contributed by atoms with van der Waals surface area (Å²) in [6.07, 6.45) is 1.42. The Hall–Kier alpha value is -1.91. The van der Waals surface area contributed by atoms with Crippen molar-refractivity contribution in [2.45, 2.75) is 27.3 Å². The summed E-state index contributed by atoms with van der Waals surface area (Å²) in [4.78, 5) is 34.2. The molecule has 0 saturated heterocycles. The Bertz CT molecular complexity index is 508. The lowest BCUT2D eigenvalue weighted by molar-refractivity contribution is -0.126. The Labute approximate surface area is 98.7 Å². The molecule has 0 bridgehead atoms. The lowest BCUT2D eigenvalue weighted by atomic mass is 9.91. The molecule has 0 aromatic carbocycles. The Kier molecular flexibility index (Phi) is 3.50. The van der Waals surface area contributed by atoms with Gasteiger partial charge in [0.05, 0.1) is 6.54 Å². The second kappa shape index (κ2) is 4.53. The second-order valence-corrected chi connectivity index (χ2v) is 4.83. The molecule has 0 fully saturated rings. The van der Waals surface area contributed by atoms with Gasteiger partial charge in [0.25, 0.3) is 5.56 Å². The molecule has 0 aliphatic heterocycles. The number of hydrogen-bond donors (Lipinski definition) is 1. The molecule has 17 heavy (non-hydrogen) atoms. The summed E-state index contributed by atoms with van der Waals surface area (Å²) in [6, 6.07) is 2.67. The minimum absolute atomic E-state index is 0.108. The molecule has 0 aliphatic carbocycles. The van der Waals surface area contributed by atoms with Gasteiger partial charge in [0.15, 0.2) is 5.78 Å². The van der Waals surface area contributed by atoms with Gasteiger partial charge in [-0.25, -0.2) is 4.79 Å². The van der Waals surface area contributed by atoms with Gasteiger partial charge in [-0.2, -0.15) is 0 Å². The van der Waals surface area contributed by atoms with Gasteiger partial charge in [-0.1, -0.05) is 20.8 Å². The highest BCUT2D eigenvalue weighted by Crippen LogP contribution is 2.15. The quantitative estimate of drug-likeness (QED) is 0.855. The molecular formula is C12H15NO4. The average Bonchev–Trinajstić information content (AvgIpc) is 2.19. The lowest BCUT2D eigenvalue weighted by Crippen LogP contribution is -2.32. The largest absolute Gasteiger partial charge is 0.477 e. The number of nitrogens with zero attached hydrogens (tertiary/aromatic N) is 1. The minimum Gasteiger partial charge on any atom is -0.477 e. The lowest BCUT2D eigenvalue weighted by Gasteiger charge is -2.17. The van der Waals surface area contributed by atoms with E-state index in [1.165, 1.54) is 18.3 Å². The fraction of sp³-hybridized carbons (Fsp3) is 0.417. The molecule has 0 unspecified atom stereocenters. The summed E-state index contributed by atoms with van der Waals surface area (Å²) in [5.74, 6) is -1.41. The van der Waals surface area contributed by atoms with E-state index in [-0.39, 0.29) is 17.9 Å². The van der Waals surface area contributed by atoms with Gasteiger partial charge in [0.2, 0.25) is 0 Å². The molecule has 0 amide bonds. The summed E-state index contributed by atoms with van der Waals surface area (Å²) >= 11 is 0. The number of aromatic nitrogens is 1. The fourth-order valence-electron chi connectivity index (χ4n) is 1.22. The molecule has 1 aromatic rings. The number of carbonyl (C=O) groups is 2. The van der Waals surface area contributed by atoms with Gasteiger partial charge in [-0.3, -0.25) is 9.59 Å². The maximum Gasteiger partial charge on any atom is 0.341 e. The highest BCUT2D eigenvalue weighted by Gasteiger charge is 2.22. The molecule has 0 aliphatic rings. The summed E-state index contributed by atoms with van der Waals surface area (Å²) in [5, 5.41) is 8.79. The highest BCUT2D eigenvalue weighted by molar-refractivity contribution is 5.87. The van der Waals surface area contributed by atoms with Crippen molar-refractivity contribution in [2.75, 3.05) is 0 Å². The molecule has 1 aromatic heterocycles. The number of carboxylic acids is 1. The Morgan fingerprint density at radius 3 is 2.41 bits per heavy atom. The number of hydrogen-bond acceptors (Lipinski definition) is 3. The number of aromatic carboxylic acids is 1. The normalized spacial score (nSPS) is 11.2. The van der Waals surface area contributed by atoms with E-state index in [0.29, 0.717) is 0 Å². The fourth-order valence-corrected chi connectivity index (χ4v) is 1.22. The van der Waals surface area contributed by atoms with Crippen molar-refractivity contribution < 1.29 is 14.7 Å². The first-order valence-electron chi connectivity index (χ1n) is 5.19. The van der Waals surface area contributed by atoms with Crippen LogP contribution in [0.2, 0.25) is 0 Å². The van der Waals surface area contributed by atoms with Gasteiger partial charge in [-0.05, 0) is 12.1 Å². The molecule has 0 radical (unpaired) electrons. The molecule has 5 nitrogen and oxygen atoms in total. The first-order valence-corrected chi connectivity index (χ1v) is 5.19. The first-order chi connectivity index (χ1) is 7.73. The van der Waals surface area contributed by atoms with Crippen LogP contribution in [0.4, 0.5) is 0 Å². The van der Waals surface area contributed by atoms with Gasteiger partial charge in [-0.15, -0.1) is 0 Å². The molecule has 5 heteroatoms. The predicted octanol–water partition coefficient (Wildman–Crippen LogP) is 1.16. The van der Waals surface area contributed by atoms with Gasteiger partial charge < -0.3 is 9.67 Å². The summed E-state index contributed by atoms with van der Waals surface area (Å²) < 4.78 is 1.12. The van der Waals surface area contributed by atoms with Crippen LogP contribution in [-0.4, -0.2) is 21.4 Å². The van der Waals surface area contributed by atoms with Gasteiger partial charge in [0.1, 0.15) is 5.56 Å². The van der Waals surface area contributed by atoms with Crippen LogP contribution >= 0.6 is 0 Å². The molecule has 1 rings (SSSR count). The molecule has 0 spiro atoms. The van der Waals surface area contributed by atoms with Crippen molar-refractivity contribution in [3.8, 4) is 0 Å². The monoisotopic (exact) mass is 237 g/mol. The van der Waals surface area contributed by atoms with Crippen LogP contribution in [0.5, 0.6) is 0 Å². The smallest absolute Gasteiger partial charge is 0.341 e. The third kappa shape index (κ3) is 3.03. The average molecular weight is 237 g/mol. The van der Waals surface area contributed by atoms with Gasteiger partial charge >= 0.3 is 5.97 Å². The van der Waals surface area contributed by atoms with E-state index in [0.717, 1.165) is 4.57 Å². The van der Waals surface area contributed by atoms with Crippen molar-refractivity contribution in [2.24, 2.45) is 5.41 Å². The number of rotatable bonds is 3.